The number of amides is 1. The fourth-order valence-corrected chi connectivity index (χ4v) is 3.33. The molecule has 1 aliphatic heterocycles. The Labute approximate surface area is 171 Å². The van der Waals surface area contributed by atoms with Crippen LogP contribution < -0.4 is 20.3 Å². The number of aromatic nitrogens is 1. The molecule has 2 heterocycles. The van der Waals surface area contributed by atoms with Gasteiger partial charge in [0.1, 0.15) is 11.3 Å². The Bertz CT molecular complexity index is 1170. The number of fused-ring (bicyclic) bond motifs is 1. The summed E-state index contributed by atoms with van der Waals surface area (Å²) in [5, 5.41) is 13.3. The molecule has 3 aromatic rings. The molecule has 148 valence electrons. The molecule has 4 rings (SSSR count). The van der Waals surface area contributed by atoms with Crippen LogP contribution in [0, 0.1) is 6.92 Å². The van der Waals surface area contributed by atoms with Crippen LogP contribution in [0.15, 0.2) is 53.3 Å². The van der Waals surface area contributed by atoms with E-state index in [1.807, 2.05) is 6.07 Å². The lowest BCUT2D eigenvalue weighted by Crippen LogP contribution is -2.31. The van der Waals surface area contributed by atoms with Crippen molar-refractivity contribution in [3.63, 3.8) is 0 Å². The van der Waals surface area contributed by atoms with E-state index < -0.39 is 11.5 Å². The molecule has 0 saturated heterocycles. The Morgan fingerprint density at radius 2 is 1.97 bits per heavy atom. The van der Waals surface area contributed by atoms with Crippen molar-refractivity contribution < 1.29 is 19.4 Å². The van der Waals surface area contributed by atoms with Crippen LogP contribution in [0.5, 0.6) is 17.2 Å². The first-order chi connectivity index (χ1) is 13.9. The Morgan fingerprint density at radius 3 is 2.76 bits per heavy atom. The van der Waals surface area contributed by atoms with Crippen molar-refractivity contribution in [1.29, 1.82) is 0 Å². The van der Waals surface area contributed by atoms with Gasteiger partial charge in [-0.25, -0.2) is 0 Å². The number of aryl methyl sites for hydroxylation is 1. The van der Waals surface area contributed by atoms with Crippen LogP contribution in [0.1, 0.15) is 21.6 Å². The first-order valence-corrected chi connectivity index (χ1v) is 9.19. The maximum absolute atomic E-state index is 13.0. The van der Waals surface area contributed by atoms with Crippen LogP contribution in [0.3, 0.4) is 0 Å². The van der Waals surface area contributed by atoms with Gasteiger partial charge in [0.25, 0.3) is 11.5 Å². The van der Waals surface area contributed by atoms with E-state index in [1.165, 1.54) is 10.6 Å². The topological polar surface area (TPSA) is 89.8 Å². The molecule has 0 aliphatic carbocycles. The van der Waals surface area contributed by atoms with Crippen molar-refractivity contribution in [2.75, 3.05) is 12.1 Å². The van der Waals surface area contributed by atoms with Gasteiger partial charge in [-0.1, -0.05) is 23.7 Å². The van der Waals surface area contributed by atoms with E-state index in [2.05, 4.69) is 5.32 Å². The van der Waals surface area contributed by atoms with Gasteiger partial charge in [-0.05, 0) is 42.8 Å². The molecule has 0 bridgehead atoms. The molecule has 0 spiro atoms. The highest BCUT2D eigenvalue weighted by Crippen LogP contribution is 2.32. The summed E-state index contributed by atoms with van der Waals surface area (Å²) in [6, 6.07) is 13.3. The van der Waals surface area contributed by atoms with E-state index in [0.717, 1.165) is 5.56 Å². The molecule has 29 heavy (non-hydrogen) atoms. The molecule has 1 aliphatic rings. The monoisotopic (exact) mass is 412 g/mol. The predicted molar refractivity (Wildman–Crippen MR) is 108 cm³/mol. The first-order valence-electron chi connectivity index (χ1n) is 8.81. The number of ether oxygens (including phenoxy) is 2. The van der Waals surface area contributed by atoms with Crippen molar-refractivity contribution in [2.24, 2.45) is 0 Å². The fourth-order valence-electron chi connectivity index (χ4n) is 3.14. The Hall–Kier alpha value is -3.45. The van der Waals surface area contributed by atoms with Gasteiger partial charge < -0.3 is 24.5 Å². The average molecular weight is 413 g/mol. The number of halogens is 1. The molecule has 8 heteroatoms. The molecule has 0 saturated carbocycles. The summed E-state index contributed by atoms with van der Waals surface area (Å²) < 4.78 is 12.1. The molecule has 2 N–H and O–H groups in total. The van der Waals surface area contributed by atoms with E-state index in [0.29, 0.717) is 27.9 Å². The van der Waals surface area contributed by atoms with Crippen LogP contribution in [-0.2, 0) is 6.54 Å². The lowest BCUT2D eigenvalue weighted by Gasteiger charge is -2.14. The Balaban J connectivity index is 1.67. The van der Waals surface area contributed by atoms with Gasteiger partial charge in [-0.15, -0.1) is 0 Å². The second-order valence-corrected chi connectivity index (χ2v) is 7.03. The Morgan fingerprint density at radius 1 is 1.17 bits per heavy atom. The van der Waals surface area contributed by atoms with E-state index in [4.69, 9.17) is 21.1 Å². The van der Waals surface area contributed by atoms with Crippen LogP contribution in [0.4, 0.5) is 5.69 Å². The van der Waals surface area contributed by atoms with Crippen LogP contribution in [-0.4, -0.2) is 22.4 Å². The standard InChI is InChI=1S/C21H17ClN2O5/c1-12-7-16(25)19(20(26)23-15-4-2-3-14(22)9-15)21(27)24(12)10-13-5-6-17-18(8-13)29-11-28-17/h2-9,25H,10-11H2,1H3,(H,23,26). The lowest BCUT2D eigenvalue weighted by atomic mass is 10.1. The summed E-state index contributed by atoms with van der Waals surface area (Å²) in [7, 11) is 0. The van der Waals surface area contributed by atoms with Gasteiger partial charge in [0.2, 0.25) is 6.79 Å². The third-order valence-corrected chi connectivity index (χ3v) is 4.81. The summed E-state index contributed by atoms with van der Waals surface area (Å²) in [5.74, 6) is 0.152. The number of carbonyl (C=O) groups is 1. The smallest absolute Gasteiger partial charge is 0.267 e. The predicted octanol–water partition coefficient (Wildman–Crippen LogP) is 3.55. The van der Waals surface area contributed by atoms with Gasteiger partial charge >= 0.3 is 0 Å². The number of rotatable bonds is 4. The van der Waals surface area contributed by atoms with Gasteiger partial charge in [-0.2, -0.15) is 0 Å². The quantitative estimate of drug-likeness (QED) is 0.684. The lowest BCUT2D eigenvalue weighted by molar-refractivity contribution is 0.102. The first kappa shape index (κ1) is 18.9. The van der Waals surface area contributed by atoms with Crippen molar-refractivity contribution in [1.82, 2.24) is 4.57 Å². The highest BCUT2D eigenvalue weighted by atomic mass is 35.5. The number of anilines is 1. The molecule has 0 fully saturated rings. The molecular weight excluding hydrogens is 396 g/mol. The van der Waals surface area contributed by atoms with Gasteiger partial charge in [0.15, 0.2) is 11.5 Å². The van der Waals surface area contributed by atoms with Gasteiger partial charge in [-0.3, -0.25) is 9.59 Å². The van der Waals surface area contributed by atoms with Gasteiger partial charge in [0, 0.05) is 22.5 Å². The van der Waals surface area contributed by atoms with E-state index in [1.54, 1.807) is 43.3 Å². The third kappa shape index (κ3) is 3.77. The maximum Gasteiger partial charge on any atom is 0.267 e. The zero-order valence-electron chi connectivity index (χ0n) is 15.4. The number of carbonyl (C=O) groups excluding carboxylic acids is 1. The molecule has 0 unspecified atom stereocenters. The molecule has 1 amide bonds. The summed E-state index contributed by atoms with van der Waals surface area (Å²) in [4.78, 5) is 25.7. The zero-order valence-corrected chi connectivity index (χ0v) is 16.2. The van der Waals surface area contributed by atoms with Crippen molar-refractivity contribution in [3.8, 4) is 17.2 Å². The number of hydrogen-bond donors (Lipinski definition) is 2. The van der Waals surface area contributed by atoms with Gasteiger partial charge in [0.05, 0.1) is 6.54 Å². The average Bonchev–Trinajstić information content (AvgIpc) is 3.12. The Kier molecular flexibility index (Phi) is 4.90. The molecule has 7 nitrogen and oxygen atoms in total. The number of benzene rings is 2. The molecule has 0 radical (unpaired) electrons. The molecule has 0 atom stereocenters. The van der Waals surface area contributed by atoms with E-state index in [-0.39, 0.29) is 24.7 Å². The molecular formula is C21H17ClN2O5. The number of nitrogens with one attached hydrogen (secondary N) is 1. The van der Waals surface area contributed by atoms with E-state index in [9.17, 15) is 14.7 Å². The second kappa shape index (κ2) is 7.52. The number of aromatic hydroxyl groups is 1. The highest BCUT2D eigenvalue weighted by molar-refractivity contribution is 6.31. The summed E-state index contributed by atoms with van der Waals surface area (Å²) in [6.07, 6.45) is 0. The minimum atomic E-state index is -0.714. The summed E-state index contributed by atoms with van der Waals surface area (Å²) >= 11 is 5.93. The molecule has 1 aromatic heterocycles. The maximum atomic E-state index is 13.0. The van der Waals surface area contributed by atoms with Crippen molar-refractivity contribution >= 4 is 23.2 Å². The van der Waals surface area contributed by atoms with Crippen LogP contribution in [0.25, 0.3) is 0 Å². The largest absolute Gasteiger partial charge is 0.507 e. The summed E-state index contributed by atoms with van der Waals surface area (Å²) in [6.45, 7) is 2.05. The fraction of sp³-hybridized carbons (Fsp3) is 0.143. The van der Waals surface area contributed by atoms with Crippen molar-refractivity contribution in [3.05, 3.63) is 80.7 Å². The van der Waals surface area contributed by atoms with E-state index >= 15 is 0 Å². The summed E-state index contributed by atoms with van der Waals surface area (Å²) in [5.41, 5.74) is 0.802. The second-order valence-electron chi connectivity index (χ2n) is 6.59. The zero-order chi connectivity index (χ0) is 20.5. The normalized spacial score (nSPS) is 12.1. The molecule has 2 aromatic carbocycles. The minimum Gasteiger partial charge on any atom is -0.507 e. The number of hydrogen-bond acceptors (Lipinski definition) is 5. The minimum absolute atomic E-state index is 0.158. The third-order valence-electron chi connectivity index (χ3n) is 4.57. The van der Waals surface area contributed by atoms with Crippen LogP contribution >= 0.6 is 11.6 Å². The SMILES string of the molecule is Cc1cc(O)c(C(=O)Nc2cccc(Cl)c2)c(=O)n1Cc1ccc2c(c1)OCO2. The number of nitrogens with zero attached hydrogens (tertiary/aromatic N) is 1. The van der Waals surface area contributed by atoms with Crippen molar-refractivity contribution in [2.45, 2.75) is 13.5 Å². The van der Waals surface area contributed by atoms with Crippen LogP contribution in [0.2, 0.25) is 5.02 Å². The number of pyridine rings is 1. The highest BCUT2D eigenvalue weighted by Gasteiger charge is 2.21.